The van der Waals surface area contributed by atoms with Gasteiger partial charge in [-0.25, -0.2) is 0 Å². The molecule has 0 aromatic rings. The molecule has 12 heavy (non-hydrogen) atoms. The first-order valence-electron chi connectivity index (χ1n) is 4.83. The van der Waals surface area contributed by atoms with Crippen LogP contribution >= 0.6 is 11.6 Å². The largest absolute Gasteiger partial charge is 0.312 e. The first-order valence-corrected chi connectivity index (χ1v) is 5.21. The van der Waals surface area contributed by atoms with Gasteiger partial charge in [-0.2, -0.15) is 0 Å². The molecule has 1 nitrogen and oxygen atoms in total. The summed E-state index contributed by atoms with van der Waals surface area (Å²) in [5.74, 6) is 0.973. The predicted molar refractivity (Wildman–Crippen MR) is 54.4 cm³/mol. The summed E-state index contributed by atoms with van der Waals surface area (Å²) in [6, 6.07) is 0. The van der Waals surface area contributed by atoms with Gasteiger partial charge in [-0.1, -0.05) is 43.9 Å². The van der Waals surface area contributed by atoms with Crippen molar-refractivity contribution in [3.05, 3.63) is 11.6 Å². The Balaban J connectivity index is 1.91. The van der Waals surface area contributed by atoms with E-state index in [9.17, 15) is 0 Å². The predicted octanol–water partition coefficient (Wildman–Crippen LogP) is 2.91. The Morgan fingerprint density at radius 1 is 1.42 bits per heavy atom. The summed E-state index contributed by atoms with van der Waals surface area (Å²) in [6.45, 7) is 5.48. The molecule has 1 aliphatic carbocycles. The highest BCUT2D eigenvalue weighted by atomic mass is 35.5. The second-order valence-corrected chi connectivity index (χ2v) is 4.17. The molecular weight excluding hydrogens is 170 g/mol. The summed E-state index contributed by atoms with van der Waals surface area (Å²) in [4.78, 5) is 0. The molecule has 1 fully saturated rings. The Morgan fingerprint density at radius 2 is 2.08 bits per heavy atom. The lowest BCUT2D eigenvalue weighted by Gasteiger charge is -2.08. The van der Waals surface area contributed by atoms with Gasteiger partial charge < -0.3 is 5.32 Å². The van der Waals surface area contributed by atoms with E-state index in [4.69, 9.17) is 11.6 Å². The van der Waals surface area contributed by atoms with E-state index in [-0.39, 0.29) is 0 Å². The van der Waals surface area contributed by atoms with E-state index in [1.165, 1.54) is 32.1 Å². The highest BCUT2D eigenvalue weighted by Gasteiger charge is 2.13. The lowest BCUT2D eigenvalue weighted by molar-refractivity contribution is 0.485. The average molecular weight is 188 g/mol. The summed E-state index contributed by atoms with van der Waals surface area (Å²) in [5, 5.41) is 3.99. The zero-order valence-electron chi connectivity index (χ0n) is 7.61. The molecule has 1 saturated carbocycles. The molecule has 1 N–H and O–H groups in total. The van der Waals surface area contributed by atoms with Gasteiger partial charge in [0, 0.05) is 11.6 Å². The van der Waals surface area contributed by atoms with Crippen LogP contribution in [-0.4, -0.2) is 13.1 Å². The van der Waals surface area contributed by atoms with Gasteiger partial charge in [-0.3, -0.25) is 0 Å². The van der Waals surface area contributed by atoms with Crippen LogP contribution in [-0.2, 0) is 0 Å². The Bertz CT molecular complexity index is 139. The van der Waals surface area contributed by atoms with Crippen LogP contribution < -0.4 is 5.32 Å². The summed E-state index contributed by atoms with van der Waals surface area (Å²) in [7, 11) is 0. The summed E-state index contributed by atoms with van der Waals surface area (Å²) in [5.41, 5.74) is 0. The van der Waals surface area contributed by atoms with Gasteiger partial charge in [-0.05, 0) is 18.9 Å². The van der Waals surface area contributed by atoms with Crippen molar-refractivity contribution in [1.29, 1.82) is 0 Å². The van der Waals surface area contributed by atoms with E-state index in [0.29, 0.717) is 5.03 Å². The van der Waals surface area contributed by atoms with E-state index < -0.39 is 0 Å². The maximum atomic E-state index is 5.62. The van der Waals surface area contributed by atoms with Gasteiger partial charge in [0.2, 0.25) is 0 Å². The third-order valence-electron chi connectivity index (χ3n) is 2.52. The third kappa shape index (κ3) is 4.13. The molecule has 1 rings (SSSR count). The Labute approximate surface area is 80.2 Å². The van der Waals surface area contributed by atoms with E-state index in [1.807, 2.05) is 0 Å². The molecule has 0 aromatic heterocycles. The Morgan fingerprint density at radius 3 is 2.67 bits per heavy atom. The summed E-state index contributed by atoms with van der Waals surface area (Å²) >= 11 is 5.62. The minimum Gasteiger partial charge on any atom is -0.312 e. The van der Waals surface area contributed by atoms with Gasteiger partial charge in [-0.15, -0.1) is 0 Å². The highest BCUT2D eigenvalue weighted by molar-refractivity contribution is 6.29. The average Bonchev–Trinajstić information content (AvgIpc) is 2.49. The summed E-state index contributed by atoms with van der Waals surface area (Å²) < 4.78 is 0. The van der Waals surface area contributed by atoms with Crippen molar-refractivity contribution < 1.29 is 0 Å². The Kier molecular flexibility index (Phi) is 4.70. The molecule has 2 heteroatoms. The van der Waals surface area contributed by atoms with Crippen LogP contribution in [0.25, 0.3) is 0 Å². The fraction of sp³-hybridized carbons (Fsp3) is 0.800. The molecule has 0 aliphatic heterocycles. The van der Waals surface area contributed by atoms with Crippen LogP contribution in [0.3, 0.4) is 0 Å². The standard InChI is InChI=1S/C10H18ClN/c1-9(11)8-12-7-6-10-4-2-3-5-10/h10,12H,1-8H2. The first kappa shape index (κ1) is 10.1. The number of hydrogen-bond donors (Lipinski definition) is 1. The topological polar surface area (TPSA) is 12.0 Å². The smallest absolute Gasteiger partial charge is 0.0307 e. The molecule has 0 aromatic carbocycles. The lowest BCUT2D eigenvalue weighted by atomic mass is 10.0. The molecule has 0 atom stereocenters. The molecule has 0 amide bonds. The number of nitrogens with one attached hydrogen (secondary N) is 1. The van der Waals surface area contributed by atoms with Crippen LogP contribution in [0.2, 0.25) is 0 Å². The monoisotopic (exact) mass is 187 g/mol. The first-order chi connectivity index (χ1) is 5.79. The van der Waals surface area contributed by atoms with Crippen molar-refractivity contribution in [2.75, 3.05) is 13.1 Å². The van der Waals surface area contributed by atoms with Crippen LogP contribution in [0.4, 0.5) is 0 Å². The van der Waals surface area contributed by atoms with Crippen molar-refractivity contribution in [2.24, 2.45) is 5.92 Å². The van der Waals surface area contributed by atoms with Crippen LogP contribution in [0, 0.1) is 5.92 Å². The normalized spacial score (nSPS) is 18.4. The fourth-order valence-corrected chi connectivity index (χ4v) is 1.92. The van der Waals surface area contributed by atoms with Gasteiger partial charge in [0.1, 0.15) is 0 Å². The highest BCUT2D eigenvalue weighted by Crippen LogP contribution is 2.26. The van der Waals surface area contributed by atoms with Crippen molar-refractivity contribution in [3.8, 4) is 0 Å². The zero-order chi connectivity index (χ0) is 8.81. The van der Waals surface area contributed by atoms with E-state index in [2.05, 4.69) is 11.9 Å². The Hall–Kier alpha value is -0.0100. The fourth-order valence-electron chi connectivity index (χ4n) is 1.83. The number of rotatable bonds is 5. The number of halogens is 1. The lowest BCUT2D eigenvalue weighted by Crippen LogP contribution is -2.18. The molecule has 0 radical (unpaired) electrons. The quantitative estimate of drug-likeness (QED) is 0.653. The molecule has 0 heterocycles. The van der Waals surface area contributed by atoms with Crippen LogP contribution in [0.15, 0.2) is 11.6 Å². The minimum absolute atomic E-state index is 0.710. The molecule has 70 valence electrons. The maximum Gasteiger partial charge on any atom is 0.0307 e. The van der Waals surface area contributed by atoms with Crippen LogP contribution in [0.1, 0.15) is 32.1 Å². The number of hydrogen-bond acceptors (Lipinski definition) is 1. The van der Waals surface area contributed by atoms with Gasteiger partial charge >= 0.3 is 0 Å². The van der Waals surface area contributed by atoms with Gasteiger partial charge in [0.05, 0.1) is 0 Å². The third-order valence-corrected chi connectivity index (χ3v) is 2.65. The molecule has 0 saturated heterocycles. The minimum atomic E-state index is 0.710. The molecule has 0 bridgehead atoms. The van der Waals surface area contributed by atoms with E-state index >= 15 is 0 Å². The van der Waals surface area contributed by atoms with Crippen molar-refractivity contribution >= 4 is 11.6 Å². The maximum absolute atomic E-state index is 5.62. The SMILES string of the molecule is C=C(Cl)CNCCC1CCCC1. The van der Waals surface area contributed by atoms with Crippen molar-refractivity contribution in [3.63, 3.8) is 0 Å². The van der Waals surface area contributed by atoms with E-state index in [0.717, 1.165) is 19.0 Å². The molecular formula is C10H18ClN. The molecule has 0 unspecified atom stereocenters. The van der Waals surface area contributed by atoms with E-state index in [1.54, 1.807) is 0 Å². The zero-order valence-corrected chi connectivity index (χ0v) is 8.37. The second-order valence-electron chi connectivity index (χ2n) is 3.63. The molecule has 1 aliphatic rings. The van der Waals surface area contributed by atoms with Crippen LogP contribution in [0.5, 0.6) is 0 Å². The second kappa shape index (κ2) is 5.60. The van der Waals surface area contributed by atoms with Gasteiger partial charge in [0.25, 0.3) is 0 Å². The summed E-state index contributed by atoms with van der Waals surface area (Å²) in [6.07, 6.45) is 7.05. The van der Waals surface area contributed by atoms with Gasteiger partial charge in [0.15, 0.2) is 0 Å². The molecule has 0 spiro atoms. The van der Waals surface area contributed by atoms with Crippen molar-refractivity contribution in [2.45, 2.75) is 32.1 Å². The van der Waals surface area contributed by atoms with Crippen molar-refractivity contribution in [1.82, 2.24) is 5.32 Å².